The van der Waals surface area contributed by atoms with Crippen LogP contribution in [0.3, 0.4) is 0 Å². The Balaban J connectivity index is 2.54. The molecule has 1 heterocycles. The fourth-order valence-electron chi connectivity index (χ4n) is 1.38. The fourth-order valence-corrected chi connectivity index (χ4v) is 1.38. The average molecular weight is 201 g/mol. The zero-order valence-corrected chi connectivity index (χ0v) is 8.08. The highest BCUT2D eigenvalue weighted by Crippen LogP contribution is 2.19. The molecule has 1 N–H and O–H groups in total. The fraction of sp³-hybridized carbons (Fsp3) is 0.0909. The van der Waals surface area contributed by atoms with E-state index in [1.165, 1.54) is 12.1 Å². The van der Waals surface area contributed by atoms with Gasteiger partial charge in [0.15, 0.2) is 0 Å². The minimum absolute atomic E-state index is 0.303. The third-order valence-corrected chi connectivity index (χ3v) is 2.04. The number of nitriles is 1. The molecule has 0 aliphatic carbocycles. The van der Waals surface area contributed by atoms with E-state index in [-0.39, 0.29) is 0 Å². The third-order valence-electron chi connectivity index (χ3n) is 2.04. The molecule has 0 unspecified atom stereocenters. The molecule has 74 valence electrons. The van der Waals surface area contributed by atoms with Crippen LogP contribution in [0.25, 0.3) is 11.3 Å². The first kappa shape index (κ1) is 9.41. The summed E-state index contributed by atoms with van der Waals surface area (Å²) in [4.78, 5) is 7.00. The van der Waals surface area contributed by atoms with Crippen molar-refractivity contribution in [2.75, 3.05) is 0 Å². The van der Waals surface area contributed by atoms with Crippen molar-refractivity contribution in [3.05, 3.63) is 41.6 Å². The van der Waals surface area contributed by atoms with Crippen molar-refractivity contribution >= 4 is 0 Å². The Kier molecular flexibility index (Phi) is 2.22. The normalized spacial score (nSPS) is 9.93. The van der Waals surface area contributed by atoms with E-state index in [1.54, 1.807) is 12.3 Å². The molecule has 0 aliphatic rings. The van der Waals surface area contributed by atoms with Gasteiger partial charge in [0.2, 0.25) is 0 Å². The Morgan fingerprint density at radius 1 is 1.40 bits per heavy atom. The summed E-state index contributed by atoms with van der Waals surface area (Å²) >= 11 is 0. The van der Waals surface area contributed by atoms with Crippen LogP contribution >= 0.6 is 0 Å². The summed E-state index contributed by atoms with van der Waals surface area (Å²) in [5.41, 5.74) is 1.65. The minimum Gasteiger partial charge on any atom is -0.342 e. The van der Waals surface area contributed by atoms with Crippen molar-refractivity contribution in [1.29, 1.82) is 5.26 Å². The van der Waals surface area contributed by atoms with Crippen molar-refractivity contribution in [1.82, 2.24) is 9.97 Å². The molecule has 2 aromatic rings. The van der Waals surface area contributed by atoms with Crippen LogP contribution in [0.1, 0.15) is 11.4 Å². The van der Waals surface area contributed by atoms with E-state index in [1.807, 2.05) is 13.0 Å². The van der Waals surface area contributed by atoms with Gasteiger partial charge in [-0.15, -0.1) is 0 Å². The van der Waals surface area contributed by atoms with Crippen molar-refractivity contribution in [2.24, 2.45) is 0 Å². The van der Waals surface area contributed by atoms with Crippen molar-refractivity contribution in [3.63, 3.8) is 0 Å². The van der Waals surface area contributed by atoms with Gasteiger partial charge >= 0.3 is 0 Å². The van der Waals surface area contributed by atoms with Gasteiger partial charge in [0, 0.05) is 5.56 Å². The Morgan fingerprint density at radius 2 is 2.20 bits per heavy atom. The van der Waals surface area contributed by atoms with Gasteiger partial charge < -0.3 is 4.98 Å². The van der Waals surface area contributed by atoms with Gasteiger partial charge in [-0.05, 0) is 25.1 Å². The van der Waals surface area contributed by atoms with Gasteiger partial charge in [0.25, 0.3) is 0 Å². The molecule has 0 atom stereocenters. The number of H-pyrrole nitrogens is 1. The number of nitrogens with one attached hydrogen (secondary N) is 1. The second kappa shape index (κ2) is 3.54. The first-order chi connectivity index (χ1) is 7.19. The molecule has 3 nitrogen and oxygen atoms in total. The molecular weight excluding hydrogens is 193 g/mol. The molecule has 0 radical (unpaired) electrons. The van der Waals surface area contributed by atoms with Gasteiger partial charge in [-0.1, -0.05) is 0 Å². The van der Waals surface area contributed by atoms with Crippen LogP contribution in [0, 0.1) is 24.1 Å². The van der Waals surface area contributed by atoms with Crippen molar-refractivity contribution in [2.45, 2.75) is 6.92 Å². The summed E-state index contributed by atoms with van der Waals surface area (Å²) in [7, 11) is 0. The van der Waals surface area contributed by atoms with Crippen LogP contribution in [0.2, 0.25) is 0 Å². The summed E-state index contributed by atoms with van der Waals surface area (Å²) in [5.74, 6) is 0.337. The number of aryl methyl sites for hydroxylation is 1. The number of halogens is 1. The maximum absolute atomic E-state index is 13.1. The van der Waals surface area contributed by atoms with Gasteiger partial charge in [-0.3, -0.25) is 0 Å². The topological polar surface area (TPSA) is 52.5 Å². The number of aromatic nitrogens is 2. The second-order valence-electron chi connectivity index (χ2n) is 3.22. The molecule has 1 aromatic heterocycles. The summed E-state index contributed by atoms with van der Waals surface area (Å²) in [6.07, 6.45) is 1.62. The van der Waals surface area contributed by atoms with E-state index in [0.29, 0.717) is 16.8 Å². The lowest BCUT2D eigenvalue weighted by molar-refractivity contribution is 0.628. The van der Waals surface area contributed by atoms with Gasteiger partial charge in [-0.25, -0.2) is 9.37 Å². The lowest BCUT2D eigenvalue weighted by Gasteiger charge is -1.98. The van der Waals surface area contributed by atoms with Gasteiger partial charge in [-0.2, -0.15) is 5.26 Å². The number of rotatable bonds is 1. The number of hydrogen-bond acceptors (Lipinski definition) is 2. The van der Waals surface area contributed by atoms with E-state index < -0.39 is 5.82 Å². The number of imidazole rings is 1. The monoisotopic (exact) mass is 201 g/mol. The summed E-state index contributed by atoms with van der Waals surface area (Å²) in [6.45, 7) is 1.81. The van der Waals surface area contributed by atoms with E-state index >= 15 is 0 Å². The summed E-state index contributed by atoms with van der Waals surface area (Å²) in [5, 5.41) is 8.70. The maximum atomic E-state index is 13.1. The highest BCUT2D eigenvalue weighted by molar-refractivity contribution is 5.61. The molecule has 0 fully saturated rings. The van der Waals surface area contributed by atoms with Crippen molar-refractivity contribution in [3.8, 4) is 17.3 Å². The molecule has 0 amide bonds. The van der Waals surface area contributed by atoms with E-state index in [2.05, 4.69) is 9.97 Å². The molecular formula is C11H8FN3. The SMILES string of the molecule is Cc1ncc(-c2cc(F)cc(C#N)c2)[nH]1. The number of aromatic amines is 1. The number of benzene rings is 1. The highest BCUT2D eigenvalue weighted by atomic mass is 19.1. The van der Waals surface area contributed by atoms with Crippen LogP contribution in [-0.4, -0.2) is 9.97 Å². The first-order valence-corrected chi connectivity index (χ1v) is 4.42. The largest absolute Gasteiger partial charge is 0.342 e. The molecule has 2 rings (SSSR count). The predicted molar refractivity (Wildman–Crippen MR) is 53.4 cm³/mol. The van der Waals surface area contributed by atoms with Gasteiger partial charge in [0.1, 0.15) is 11.6 Å². The Morgan fingerprint density at radius 3 is 2.80 bits per heavy atom. The summed E-state index contributed by atoms with van der Waals surface area (Å²) < 4.78 is 13.1. The molecule has 0 bridgehead atoms. The smallest absolute Gasteiger partial charge is 0.125 e. The maximum Gasteiger partial charge on any atom is 0.125 e. The average Bonchev–Trinajstić information content (AvgIpc) is 2.64. The van der Waals surface area contributed by atoms with Crippen LogP contribution in [0.5, 0.6) is 0 Å². The summed E-state index contributed by atoms with van der Waals surface area (Å²) in [6, 6.07) is 6.10. The lowest BCUT2D eigenvalue weighted by atomic mass is 10.1. The zero-order valence-electron chi connectivity index (χ0n) is 8.08. The molecule has 0 spiro atoms. The van der Waals surface area contributed by atoms with E-state index in [0.717, 1.165) is 5.82 Å². The Hall–Kier alpha value is -2.15. The minimum atomic E-state index is -0.420. The number of hydrogen-bond donors (Lipinski definition) is 1. The first-order valence-electron chi connectivity index (χ1n) is 4.42. The zero-order chi connectivity index (χ0) is 10.8. The molecule has 0 saturated heterocycles. The van der Waals surface area contributed by atoms with Crippen LogP contribution < -0.4 is 0 Å². The van der Waals surface area contributed by atoms with E-state index in [9.17, 15) is 4.39 Å². The molecule has 15 heavy (non-hydrogen) atoms. The van der Waals surface area contributed by atoms with Crippen LogP contribution in [-0.2, 0) is 0 Å². The Bertz CT molecular complexity index is 537. The quantitative estimate of drug-likeness (QED) is 0.770. The van der Waals surface area contributed by atoms with E-state index in [4.69, 9.17) is 5.26 Å². The third kappa shape index (κ3) is 1.86. The molecule has 1 aromatic carbocycles. The van der Waals surface area contributed by atoms with Crippen molar-refractivity contribution < 1.29 is 4.39 Å². The predicted octanol–water partition coefficient (Wildman–Crippen LogP) is 2.40. The molecule has 4 heteroatoms. The second-order valence-corrected chi connectivity index (χ2v) is 3.22. The van der Waals surface area contributed by atoms with Crippen LogP contribution in [0.15, 0.2) is 24.4 Å². The number of nitrogens with zero attached hydrogens (tertiary/aromatic N) is 2. The van der Waals surface area contributed by atoms with Gasteiger partial charge in [0.05, 0.1) is 23.5 Å². The lowest BCUT2D eigenvalue weighted by Crippen LogP contribution is -1.84. The van der Waals surface area contributed by atoms with Crippen LogP contribution in [0.4, 0.5) is 4.39 Å². The molecule has 0 saturated carbocycles. The standard InChI is InChI=1S/C11H8FN3/c1-7-14-6-11(15-7)9-2-8(5-13)3-10(12)4-9/h2-4,6H,1H3,(H,14,15). The Labute approximate surface area is 86.2 Å². The molecule has 0 aliphatic heterocycles. The highest BCUT2D eigenvalue weighted by Gasteiger charge is 2.04.